The van der Waals surface area contributed by atoms with Crippen LogP contribution < -0.4 is 14.9 Å². The van der Waals surface area contributed by atoms with Gasteiger partial charge in [0.1, 0.15) is 0 Å². The van der Waals surface area contributed by atoms with Crippen molar-refractivity contribution < 1.29 is 12.8 Å². The largest absolute Gasteiger partial charge is 0.327 e. The molecule has 0 unspecified atom stereocenters. The summed E-state index contributed by atoms with van der Waals surface area (Å²) in [6.07, 6.45) is 1.10. The Morgan fingerprint density at radius 2 is 1.91 bits per heavy atom. The van der Waals surface area contributed by atoms with Gasteiger partial charge in [0.15, 0.2) is 11.6 Å². The number of anilines is 4. The van der Waals surface area contributed by atoms with Gasteiger partial charge in [-0.3, -0.25) is 5.10 Å². The van der Waals surface area contributed by atoms with Gasteiger partial charge >= 0.3 is 0 Å². The van der Waals surface area contributed by atoms with E-state index in [1.165, 1.54) is 7.05 Å². The molecule has 0 atom stereocenters. The van der Waals surface area contributed by atoms with E-state index in [9.17, 15) is 12.8 Å². The number of hydrogen-bond donors (Lipinski definition) is 3. The van der Waals surface area contributed by atoms with Crippen molar-refractivity contribution in [3.8, 4) is 0 Å². The highest BCUT2D eigenvalue weighted by Gasteiger charge is 2.15. The van der Waals surface area contributed by atoms with Crippen LogP contribution in [0.1, 0.15) is 11.3 Å². The monoisotopic (exact) mass is 455 g/mol. The summed E-state index contributed by atoms with van der Waals surface area (Å²) in [7, 11) is -0.262. The van der Waals surface area contributed by atoms with Crippen LogP contribution in [-0.4, -0.2) is 42.7 Å². The predicted octanol–water partition coefficient (Wildman–Crippen LogP) is 3.36. The van der Waals surface area contributed by atoms with Gasteiger partial charge < -0.3 is 10.2 Å². The number of nitrogens with zero attached hydrogens (tertiary/aromatic N) is 4. The van der Waals surface area contributed by atoms with Crippen molar-refractivity contribution >= 4 is 44.1 Å². The van der Waals surface area contributed by atoms with Crippen molar-refractivity contribution in [1.82, 2.24) is 24.9 Å². The molecule has 2 aromatic heterocycles. The molecule has 0 spiro atoms. The van der Waals surface area contributed by atoms with E-state index < -0.39 is 15.8 Å². The number of aryl methyl sites for hydroxylation is 1. The fourth-order valence-corrected chi connectivity index (χ4v) is 4.00. The minimum atomic E-state index is -3.35. The molecule has 4 aromatic rings. The number of aromatic amines is 1. The van der Waals surface area contributed by atoms with E-state index >= 15 is 0 Å². The van der Waals surface area contributed by atoms with E-state index in [0.717, 1.165) is 28.5 Å². The first-order valence-corrected chi connectivity index (χ1v) is 11.4. The van der Waals surface area contributed by atoms with Crippen molar-refractivity contribution in [1.29, 1.82) is 0 Å². The molecule has 2 heterocycles. The first-order valence-electron chi connectivity index (χ1n) is 9.74. The highest BCUT2D eigenvalue weighted by Crippen LogP contribution is 2.28. The van der Waals surface area contributed by atoms with Gasteiger partial charge in [-0.25, -0.2) is 22.5 Å². The Balaban J connectivity index is 1.55. The lowest BCUT2D eigenvalue weighted by Crippen LogP contribution is -2.20. The summed E-state index contributed by atoms with van der Waals surface area (Å²) in [6.45, 7) is 1.94. The van der Waals surface area contributed by atoms with Crippen LogP contribution in [0.25, 0.3) is 10.9 Å². The Morgan fingerprint density at radius 1 is 1.16 bits per heavy atom. The van der Waals surface area contributed by atoms with Crippen LogP contribution in [0.3, 0.4) is 0 Å². The molecule has 0 saturated carbocycles. The molecule has 11 heteroatoms. The van der Waals surface area contributed by atoms with Gasteiger partial charge in [0.2, 0.25) is 16.0 Å². The highest BCUT2D eigenvalue weighted by atomic mass is 32.2. The second-order valence-corrected chi connectivity index (χ2v) is 9.19. The Hall–Kier alpha value is -3.57. The molecule has 0 saturated heterocycles. The van der Waals surface area contributed by atoms with Gasteiger partial charge in [0.25, 0.3) is 0 Å². The topological polar surface area (TPSA) is 116 Å². The molecule has 166 valence electrons. The normalized spacial score (nSPS) is 11.6. The third-order valence-corrected chi connectivity index (χ3v) is 6.37. The second kappa shape index (κ2) is 8.52. The lowest BCUT2D eigenvalue weighted by atomic mass is 10.2. The molecule has 32 heavy (non-hydrogen) atoms. The molecular weight excluding hydrogens is 433 g/mol. The number of benzene rings is 2. The van der Waals surface area contributed by atoms with Crippen molar-refractivity contribution in [3.05, 3.63) is 65.7 Å². The van der Waals surface area contributed by atoms with Crippen molar-refractivity contribution in [2.24, 2.45) is 0 Å². The fraction of sp³-hybridized carbons (Fsp3) is 0.190. The summed E-state index contributed by atoms with van der Waals surface area (Å²) in [5.41, 5.74) is 3.74. The van der Waals surface area contributed by atoms with Gasteiger partial charge in [-0.1, -0.05) is 12.1 Å². The quantitative estimate of drug-likeness (QED) is 0.391. The fourth-order valence-electron chi connectivity index (χ4n) is 3.22. The summed E-state index contributed by atoms with van der Waals surface area (Å²) in [5.74, 6) is -0.374. The smallest absolute Gasteiger partial charge is 0.229 e. The van der Waals surface area contributed by atoms with E-state index in [-0.39, 0.29) is 17.5 Å². The molecule has 3 N–H and O–H groups in total. The number of halogens is 1. The average Bonchev–Trinajstić information content (AvgIpc) is 3.16. The third kappa shape index (κ3) is 4.53. The lowest BCUT2D eigenvalue weighted by molar-refractivity contribution is 0.587. The van der Waals surface area contributed by atoms with E-state index in [2.05, 4.69) is 30.2 Å². The van der Waals surface area contributed by atoms with Gasteiger partial charge in [-0.15, -0.1) is 0 Å². The van der Waals surface area contributed by atoms with Crippen molar-refractivity contribution in [3.63, 3.8) is 0 Å². The molecule has 0 aliphatic rings. The number of aromatic nitrogens is 4. The van der Waals surface area contributed by atoms with E-state index in [0.29, 0.717) is 11.3 Å². The highest BCUT2D eigenvalue weighted by molar-refractivity contribution is 7.88. The minimum absolute atomic E-state index is 0.103. The third-order valence-electron chi connectivity index (χ3n) is 5.04. The maximum atomic E-state index is 14.5. The van der Waals surface area contributed by atoms with Gasteiger partial charge in [0, 0.05) is 29.5 Å². The SMILES string of the molecule is CNS(=O)(=O)Cc1ccc(Nc2ncc(F)c(N(C)c3ccc4c(C)[nH]nc4c3)n2)cc1. The van der Waals surface area contributed by atoms with Crippen molar-refractivity contribution in [2.45, 2.75) is 12.7 Å². The Morgan fingerprint density at radius 3 is 2.62 bits per heavy atom. The maximum Gasteiger partial charge on any atom is 0.229 e. The van der Waals surface area contributed by atoms with E-state index in [1.54, 1.807) is 36.2 Å². The van der Waals surface area contributed by atoms with Crippen LogP contribution in [-0.2, 0) is 15.8 Å². The first kappa shape index (κ1) is 21.7. The van der Waals surface area contributed by atoms with E-state index in [1.807, 2.05) is 25.1 Å². The molecule has 9 nitrogen and oxygen atoms in total. The lowest BCUT2D eigenvalue weighted by Gasteiger charge is -2.19. The standard InChI is InChI=1S/C21H22FN7O2S/c1-13-17-9-8-16(10-19(17)28-27-13)29(3)20-18(22)11-24-21(26-20)25-15-6-4-14(5-7-15)12-32(30,31)23-2/h4-11,23H,12H2,1-3H3,(H,27,28)(H,24,25,26). The molecule has 0 aliphatic carbocycles. The molecule has 0 fully saturated rings. The Labute approximate surface area is 184 Å². The first-order chi connectivity index (χ1) is 15.3. The van der Waals surface area contributed by atoms with Gasteiger partial charge in [0.05, 0.1) is 17.5 Å². The minimum Gasteiger partial charge on any atom is -0.327 e. The maximum absolute atomic E-state index is 14.5. The van der Waals surface area contributed by atoms with Crippen LogP contribution in [0.2, 0.25) is 0 Å². The van der Waals surface area contributed by atoms with Crippen LogP contribution in [0, 0.1) is 12.7 Å². The Kier molecular flexibility index (Phi) is 5.76. The number of fused-ring (bicyclic) bond motifs is 1. The molecular formula is C21H22FN7O2S. The average molecular weight is 456 g/mol. The summed E-state index contributed by atoms with van der Waals surface area (Å²) < 4.78 is 40.2. The van der Waals surface area contributed by atoms with Gasteiger partial charge in [-0.2, -0.15) is 10.1 Å². The number of nitrogens with one attached hydrogen (secondary N) is 3. The van der Waals surface area contributed by atoms with Crippen LogP contribution in [0.5, 0.6) is 0 Å². The van der Waals surface area contributed by atoms with Crippen LogP contribution in [0.4, 0.5) is 27.5 Å². The molecule has 4 rings (SSSR count). The zero-order valence-corrected chi connectivity index (χ0v) is 18.5. The van der Waals surface area contributed by atoms with Gasteiger partial charge in [-0.05, 0) is 49.9 Å². The molecule has 2 aromatic carbocycles. The predicted molar refractivity (Wildman–Crippen MR) is 122 cm³/mol. The Bertz CT molecular complexity index is 1370. The van der Waals surface area contributed by atoms with Crippen molar-refractivity contribution in [2.75, 3.05) is 24.3 Å². The summed E-state index contributed by atoms with van der Waals surface area (Å²) in [4.78, 5) is 9.95. The summed E-state index contributed by atoms with van der Waals surface area (Å²) >= 11 is 0. The zero-order valence-electron chi connectivity index (χ0n) is 17.7. The van der Waals surface area contributed by atoms with Crippen LogP contribution >= 0.6 is 0 Å². The summed E-state index contributed by atoms with van der Waals surface area (Å²) in [5, 5.41) is 11.2. The second-order valence-electron chi connectivity index (χ2n) is 7.26. The number of H-pyrrole nitrogens is 1. The van der Waals surface area contributed by atoms with E-state index in [4.69, 9.17) is 0 Å². The number of sulfonamides is 1. The van der Waals surface area contributed by atoms with Crippen LogP contribution in [0.15, 0.2) is 48.7 Å². The molecule has 0 aliphatic heterocycles. The summed E-state index contributed by atoms with van der Waals surface area (Å²) in [6, 6.07) is 12.5. The molecule has 0 amide bonds. The molecule has 0 radical (unpaired) electrons. The zero-order chi connectivity index (χ0) is 22.9. The molecule has 0 bridgehead atoms. The number of hydrogen-bond acceptors (Lipinski definition) is 7. The number of rotatable bonds is 7.